The molecule has 7 heteroatoms. The van der Waals surface area contributed by atoms with Crippen LogP contribution in [-0.4, -0.2) is 36.9 Å². The van der Waals surface area contributed by atoms with Gasteiger partial charge in [0, 0.05) is 25.0 Å². The molecule has 1 aliphatic rings. The van der Waals surface area contributed by atoms with Gasteiger partial charge in [-0.2, -0.15) is 10.2 Å². The Morgan fingerprint density at radius 1 is 1.43 bits per heavy atom. The fourth-order valence-electron chi connectivity index (χ4n) is 3.10. The van der Waals surface area contributed by atoms with Crippen molar-refractivity contribution in [1.82, 2.24) is 30.3 Å². The van der Waals surface area contributed by atoms with Gasteiger partial charge in [-0.3, -0.25) is 15.0 Å². The number of aromatic nitrogens is 5. The van der Waals surface area contributed by atoms with E-state index in [1.165, 1.54) is 11.3 Å². The van der Waals surface area contributed by atoms with Crippen LogP contribution >= 0.6 is 0 Å². The van der Waals surface area contributed by atoms with Gasteiger partial charge in [0.25, 0.3) is 5.91 Å². The molecule has 1 aliphatic carbocycles. The number of rotatable bonds is 3. The predicted octanol–water partition coefficient (Wildman–Crippen LogP) is 1.43. The number of nitrogens with one attached hydrogen (secondary N) is 3. The highest BCUT2D eigenvalue weighted by molar-refractivity contribution is 5.93. The van der Waals surface area contributed by atoms with Gasteiger partial charge in [-0.1, -0.05) is 0 Å². The van der Waals surface area contributed by atoms with E-state index in [1.807, 2.05) is 36.1 Å². The maximum absolute atomic E-state index is 12.4. The zero-order valence-electron chi connectivity index (χ0n) is 12.8. The third-order valence-corrected chi connectivity index (χ3v) is 4.38. The lowest BCUT2D eigenvalue weighted by Gasteiger charge is -2.22. The molecule has 1 amide bonds. The summed E-state index contributed by atoms with van der Waals surface area (Å²) in [5.41, 5.74) is 4.60. The molecule has 0 saturated heterocycles. The topological polar surface area (TPSA) is 91.4 Å². The van der Waals surface area contributed by atoms with Crippen molar-refractivity contribution in [3.8, 4) is 11.4 Å². The molecule has 3 aromatic heterocycles. The van der Waals surface area contributed by atoms with Gasteiger partial charge >= 0.3 is 0 Å². The van der Waals surface area contributed by atoms with Crippen molar-refractivity contribution in [2.45, 2.75) is 25.3 Å². The van der Waals surface area contributed by atoms with E-state index >= 15 is 0 Å². The first kappa shape index (κ1) is 13.8. The summed E-state index contributed by atoms with van der Waals surface area (Å²) < 4.78 is 1.97. The normalized spacial score (nSPS) is 17.0. The monoisotopic (exact) mass is 310 g/mol. The number of amides is 1. The highest BCUT2D eigenvalue weighted by atomic mass is 16.2. The van der Waals surface area contributed by atoms with Crippen LogP contribution in [0, 0.1) is 0 Å². The van der Waals surface area contributed by atoms with Gasteiger partial charge in [0.1, 0.15) is 11.4 Å². The van der Waals surface area contributed by atoms with Gasteiger partial charge in [-0.25, -0.2) is 0 Å². The Bertz CT molecular complexity index is 842. The standard InChI is InChI=1S/C16H18N6O/c1-22-6-2-3-15(22)13-8-14(21-20-13)16(23)18-11-4-5-12-10(7-11)9-17-19-12/h2-3,6,8-9,11H,4-5,7H2,1H3,(H,17,19)(H,18,23)(H,20,21)/t11-/m1/s1. The van der Waals surface area contributed by atoms with Gasteiger partial charge in [0.2, 0.25) is 0 Å². The molecule has 1 atom stereocenters. The third-order valence-electron chi connectivity index (χ3n) is 4.38. The van der Waals surface area contributed by atoms with Crippen molar-refractivity contribution in [3.05, 3.63) is 47.5 Å². The molecule has 0 aromatic carbocycles. The van der Waals surface area contributed by atoms with Crippen molar-refractivity contribution in [2.24, 2.45) is 7.05 Å². The summed E-state index contributed by atoms with van der Waals surface area (Å²) in [6, 6.07) is 5.85. The molecular formula is C16H18N6O. The molecule has 0 spiro atoms. The zero-order valence-corrected chi connectivity index (χ0v) is 12.8. The van der Waals surface area contributed by atoms with Gasteiger partial charge in [-0.15, -0.1) is 0 Å². The second kappa shape index (κ2) is 5.42. The number of aryl methyl sites for hydroxylation is 2. The molecule has 118 valence electrons. The molecule has 0 bridgehead atoms. The average Bonchev–Trinajstić information content (AvgIpc) is 3.25. The first-order chi connectivity index (χ1) is 11.2. The van der Waals surface area contributed by atoms with Crippen molar-refractivity contribution >= 4 is 5.91 Å². The number of nitrogens with zero attached hydrogens (tertiary/aromatic N) is 3. The summed E-state index contributed by atoms with van der Waals surface area (Å²) >= 11 is 0. The molecular weight excluding hydrogens is 292 g/mol. The van der Waals surface area contributed by atoms with E-state index < -0.39 is 0 Å². The minimum Gasteiger partial charge on any atom is -0.349 e. The fourth-order valence-corrected chi connectivity index (χ4v) is 3.10. The average molecular weight is 310 g/mol. The van der Waals surface area contributed by atoms with Crippen LogP contribution in [0.15, 0.2) is 30.6 Å². The number of carbonyl (C=O) groups is 1. The first-order valence-electron chi connectivity index (χ1n) is 7.70. The lowest BCUT2D eigenvalue weighted by molar-refractivity contribution is 0.0928. The van der Waals surface area contributed by atoms with Gasteiger partial charge in [0.05, 0.1) is 11.9 Å². The van der Waals surface area contributed by atoms with Crippen molar-refractivity contribution in [2.75, 3.05) is 0 Å². The summed E-state index contributed by atoms with van der Waals surface area (Å²) in [5, 5.41) is 17.2. The Balaban J connectivity index is 1.46. The predicted molar refractivity (Wildman–Crippen MR) is 84.9 cm³/mol. The highest BCUT2D eigenvalue weighted by Gasteiger charge is 2.22. The van der Waals surface area contributed by atoms with Gasteiger partial charge in [-0.05, 0) is 43.0 Å². The Morgan fingerprint density at radius 3 is 3.17 bits per heavy atom. The molecule has 0 aliphatic heterocycles. The van der Waals surface area contributed by atoms with E-state index in [9.17, 15) is 4.79 Å². The largest absolute Gasteiger partial charge is 0.349 e. The summed E-state index contributed by atoms with van der Waals surface area (Å²) in [6.07, 6.45) is 6.44. The Morgan fingerprint density at radius 2 is 2.35 bits per heavy atom. The third kappa shape index (κ3) is 2.54. The molecule has 7 nitrogen and oxygen atoms in total. The minimum atomic E-state index is -0.116. The SMILES string of the molecule is Cn1cccc1-c1cc(C(=O)N[C@@H]2CCc3[nH]ncc3C2)[nH]n1. The molecule has 0 radical (unpaired) electrons. The van der Waals surface area contributed by atoms with E-state index in [2.05, 4.69) is 25.7 Å². The summed E-state index contributed by atoms with van der Waals surface area (Å²) in [4.78, 5) is 12.4. The van der Waals surface area contributed by atoms with E-state index in [4.69, 9.17) is 0 Å². The maximum atomic E-state index is 12.4. The number of fused-ring (bicyclic) bond motifs is 1. The van der Waals surface area contributed by atoms with Crippen LogP contribution in [0.3, 0.4) is 0 Å². The Kier molecular flexibility index (Phi) is 3.25. The quantitative estimate of drug-likeness (QED) is 0.683. The smallest absolute Gasteiger partial charge is 0.269 e. The van der Waals surface area contributed by atoms with Crippen LogP contribution in [0.2, 0.25) is 0 Å². The van der Waals surface area contributed by atoms with E-state index in [-0.39, 0.29) is 11.9 Å². The van der Waals surface area contributed by atoms with Gasteiger partial charge < -0.3 is 9.88 Å². The maximum Gasteiger partial charge on any atom is 0.269 e. The molecule has 0 saturated carbocycles. The van der Waals surface area contributed by atoms with Crippen LogP contribution in [0.4, 0.5) is 0 Å². The van der Waals surface area contributed by atoms with E-state index in [1.54, 1.807) is 6.07 Å². The minimum absolute atomic E-state index is 0.116. The number of hydrogen-bond donors (Lipinski definition) is 3. The molecule has 4 rings (SSSR count). The van der Waals surface area contributed by atoms with Crippen molar-refractivity contribution in [1.29, 1.82) is 0 Å². The summed E-state index contributed by atoms with van der Waals surface area (Å²) in [7, 11) is 1.95. The second-order valence-electron chi connectivity index (χ2n) is 5.96. The lowest BCUT2D eigenvalue weighted by atomic mass is 9.93. The number of hydrogen-bond acceptors (Lipinski definition) is 3. The van der Waals surface area contributed by atoms with Crippen LogP contribution in [-0.2, 0) is 19.9 Å². The molecule has 3 heterocycles. The summed E-state index contributed by atoms with van der Waals surface area (Å²) in [5.74, 6) is -0.116. The molecule has 0 unspecified atom stereocenters. The van der Waals surface area contributed by atoms with E-state index in [0.717, 1.165) is 30.7 Å². The second-order valence-corrected chi connectivity index (χ2v) is 5.96. The Hall–Kier alpha value is -2.83. The van der Waals surface area contributed by atoms with Crippen LogP contribution < -0.4 is 5.32 Å². The number of carbonyl (C=O) groups excluding carboxylic acids is 1. The van der Waals surface area contributed by atoms with Gasteiger partial charge in [0.15, 0.2) is 0 Å². The summed E-state index contributed by atoms with van der Waals surface area (Å²) in [6.45, 7) is 0. The molecule has 23 heavy (non-hydrogen) atoms. The van der Waals surface area contributed by atoms with E-state index in [0.29, 0.717) is 5.69 Å². The number of aromatic amines is 2. The van der Waals surface area contributed by atoms with Crippen molar-refractivity contribution < 1.29 is 4.79 Å². The molecule has 3 N–H and O–H groups in total. The molecule has 0 fully saturated rings. The first-order valence-corrected chi connectivity index (χ1v) is 7.70. The number of H-pyrrole nitrogens is 2. The van der Waals surface area contributed by atoms with Crippen LogP contribution in [0.1, 0.15) is 28.2 Å². The Labute approximate surface area is 133 Å². The fraction of sp³-hybridized carbons (Fsp3) is 0.312. The highest BCUT2D eigenvalue weighted by Crippen LogP contribution is 2.20. The van der Waals surface area contributed by atoms with Crippen LogP contribution in [0.5, 0.6) is 0 Å². The van der Waals surface area contributed by atoms with Crippen LogP contribution in [0.25, 0.3) is 11.4 Å². The molecule has 3 aromatic rings. The lowest BCUT2D eigenvalue weighted by Crippen LogP contribution is -2.38. The zero-order chi connectivity index (χ0) is 15.8. The van der Waals surface area contributed by atoms with Crippen molar-refractivity contribution in [3.63, 3.8) is 0 Å².